The monoisotopic (exact) mass is 243 g/mol. The Kier molecular flexibility index (Phi) is 2.30. The fourth-order valence-electron chi connectivity index (χ4n) is 1.77. The first-order valence-corrected chi connectivity index (χ1v) is 5.33. The van der Waals surface area contributed by atoms with Gasteiger partial charge in [-0.05, 0) is 17.1 Å². The van der Waals surface area contributed by atoms with Crippen LogP contribution in [0.25, 0.3) is 5.65 Å². The van der Waals surface area contributed by atoms with E-state index < -0.39 is 4.92 Å². The minimum absolute atomic E-state index is 0.154. The van der Waals surface area contributed by atoms with Crippen LogP contribution in [0.2, 0.25) is 0 Å². The highest BCUT2D eigenvalue weighted by atomic mass is 16.6. The molecule has 0 aromatic carbocycles. The molecule has 3 rings (SSSR count). The van der Waals surface area contributed by atoms with Gasteiger partial charge in [0.25, 0.3) is 0 Å². The molecule has 3 aromatic heterocycles. The van der Waals surface area contributed by atoms with E-state index in [1.54, 1.807) is 6.20 Å². The normalized spacial score (nSPS) is 10.9. The van der Waals surface area contributed by atoms with Crippen LogP contribution in [-0.4, -0.2) is 24.1 Å². The minimum Gasteiger partial charge on any atom is -0.358 e. The molecule has 0 fully saturated rings. The van der Waals surface area contributed by atoms with Crippen molar-refractivity contribution in [2.24, 2.45) is 0 Å². The van der Waals surface area contributed by atoms with E-state index in [0.717, 1.165) is 11.3 Å². The highest BCUT2D eigenvalue weighted by Gasteiger charge is 2.12. The predicted molar refractivity (Wildman–Crippen MR) is 63.2 cm³/mol. The molecule has 18 heavy (non-hydrogen) atoms. The van der Waals surface area contributed by atoms with Crippen molar-refractivity contribution >= 4 is 11.5 Å². The Bertz CT molecular complexity index is 682. The fourth-order valence-corrected chi connectivity index (χ4v) is 1.77. The number of rotatable bonds is 3. The Morgan fingerprint density at radius 2 is 2.17 bits per heavy atom. The molecule has 7 heteroatoms. The maximum Gasteiger partial charge on any atom is 0.389 e. The van der Waals surface area contributed by atoms with Gasteiger partial charge in [-0.25, -0.2) is 4.98 Å². The molecule has 90 valence electrons. The number of hydrogen-bond acceptors (Lipinski definition) is 4. The summed E-state index contributed by atoms with van der Waals surface area (Å²) in [5, 5.41) is 14.4. The highest BCUT2D eigenvalue weighted by molar-refractivity contribution is 5.39. The fraction of sp³-hybridized carbons (Fsp3) is 0.0909. The lowest BCUT2D eigenvalue weighted by molar-refractivity contribution is -0.389. The largest absolute Gasteiger partial charge is 0.389 e. The first-order chi connectivity index (χ1) is 8.72. The molecular weight excluding hydrogens is 234 g/mol. The van der Waals surface area contributed by atoms with Gasteiger partial charge < -0.3 is 14.5 Å². The zero-order valence-corrected chi connectivity index (χ0v) is 9.30. The lowest BCUT2D eigenvalue weighted by Gasteiger charge is -1.90. The van der Waals surface area contributed by atoms with Gasteiger partial charge in [-0.1, -0.05) is 6.07 Å². The van der Waals surface area contributed by atoms with Crippen molar-refractivity contribution in [3.63, 3.8) is 0 Å². The Morgan fingerprint density at radius 3 is 2.89 bits per heavy atom. The van der Waals surface area contributed by atoms with Gasteiger partial charge in [0.1, 0.15) is 12.2 Å². The second-order valence-electron chi connectivity index (χ2n) is 3.83. The van der Waals surface area contributed by atoms with Gasteiger partial charge in [-0.2, -0.15) is 4.68 Å². The summed E-state index contributed by atoms with van der Waals surface area (Å²) in [7, 11) is 0. The number of fused-ring (bicyclic) bond motifs is 1. The lowest BCUT2D eigenvalue weighted by atomic mass is 10.5. The third kappa shape index (κ3) is 1.81. The molecule has 0 N–H and O–H groups in total. The molecule has 0 spiro atoms. The van der Waals surface area contributed by atoms with Gasteiger partial charge in [0.15, 0.2) is 0 Å². The van der Waals surface area contributed by atoms with E-state index in [2.05, 4.69) is 10.1 Å². The molecule has 0 aliphatic heterocycles. The predicted octanol–water partition coefficient (Wildman–Crippen LogP) is 1.49. The first-order valence-electron chi connectivity index (χ1n) is 5.33. The average Bonchev–Trinajstić information content (AvgIpc) is 2.94. The second-order valence-corrected chi connectivity index (χ2v) is 3.83. The van der Waals surface area contributed by atoms with E-state index >= 15 is 0 Å². The van der Waals surface area contributed by atoms with E-state index in [0.29, 0.717) is 6.54 Å². The van der Waals surface area contributed by atoms with Gasteiger partial charge in [0, 0.05) is 12.4 Å². The number of nitrogens with zero attached hydrogens (tertiary/aromatic N) is 5. The number of nitro groups is 1. The summed E-state index contributed by atoms with van der Waals surface area (Å²) in [5.74, 6) is -0.154. The molecule has 0 aliphatic carbocycles. The number of imidazole rings is 1. The molecule has 0 radical (unpaired) electrons. The maximum atomic E-state index is 10.5. The highest BCUT2D eigenvalue weighted by Crippen LogP contribution is 2.09. The van der Waals surface area contributed by atoms with E-state index in [1.807, 2.05) is 35.0 Å². The van der Waals surface area contributed by atoms with Gasteiger partial charge in [0.2, 0.25) is 0 Å². The van der Waals surface area contributed by atoms with E-state index in [-0.39, 0.29) is 5.82 Å². The van der Waals surface area contributed by atoms with Gasteiger partial charge in [-0.15, -0.1) is 0 Å². The van der Waals surface area contributed by atoms with Crippen molar-refractivity contribution in [2.45, 2.75) is 6.54 Å². The summed E-state index contributed by atoms with van der Waals surface area (Å²) >= 11 is 0. The summed E-state index contributed by atoms with van der Waals surface area (Å²) in [6.07, 6.45) is 5.35. The topological polar surface area (TPSA) is 78.3 Å². The van der Waals surface area contributed by atoms with Crippen molar-refractivity contribution in [1.82, 2.24) is 19.2 Å². The SMILES string of the molecule is O=[N+]([O-])c1ccn(Cc2cn3ccccc3n2)n1. The summed E-state index contributed by atoms with van der Waals surface area (Å²) < 4.78 is 3.40. The Labute approximate surface area is 101 Å². The molecular formula is C11H9N5O2. The standard InChI is InChI=1S/C11H9N5O2/c17-16(18)11-4-6-15(13-11)8-9-7-14-5-2-1-3-10(14)12-9/h1-7H,8H2. The van der Waals surface area contributed by atoms with Crippen molar-refractivity contribution in [2.75, 3.05) is 0 Å². The van der Waals surface area contributed by atoms with Crippen LogP contribution in [0.4, 0.5) is 5.82 Å². The van der Waals surface area contributed by atoms with E-state index in [9.17, 15) is 10.1 Å². The third-order valence-corrected chi connectivity index (χ3v) is 2.55. The number of hydrogen-bond donors (Lipinski definition) is 0. The summed E-state index contributed by atoms with van der Waals surface area (Å²) in [4.78, 5) is 14.4. The van der Waals surface area contributed by atoms with Crippen molar-refractivity contribution in [3.05, 3.63) is 58.7 Å². The van der Waals surface area contributed by atoms with Crippen LogP contribution in [0, 0.1) is 10.1 Å². The first kappa shape index (κ1) is 10.5. The molecule has 0 bridgehead atoms. The van der Waals surface area contributed by atoms with Crippen LogP contribution in [0.5, 0.6) is 0 Å². The van der Waals surface area contributed by atoms with Gasteiger partial charge in [0.05, 0.1) is 23.1 Å². The second kappa shape index (κ2) is 3.95. The van der Waals surface area contributed by atoms with Gasteiger partial charge in [-0.3, -0.25) is 0 Å². The summed E-state index contributed by atoms with van der Waals surface area (Å²) in [5.41, 5.74) is 1.65. The van der Waals surface area contributed by atoms with Crippen LogP contribution in [0.1, 0.15) is 5.69 Å². The minimum atomic E-state index is -0.514. The van der Waals surface area contributed by atoms with Crippen LogP contribution in [0.3, 0.4) is 0 Å². The van der Waals surface area contributed by atoms with Crippen molar-refractivity contribution in [1.29, 1.82) is 0 Å². The zero-order chi connectivity index (χ0) is 12.5. The van der Waals surface area contributed by atoms with Crippen molar-refractivity contribution < 1.29 is 4.92 Å². The molecule has 0 saturated carbocycles. The molecule has 7 nitrogen and oxygen atoms in total. The number of aromatic nitrogens is 4. The molecule has 0 saturated heterocycles. The quantitative estimate of drug-likeness (QED) is 0.515. The van der Waals surface area contributed by atoms with Gasteiger partial charge >= 0.3 is 5.82 Å². The van der Waals surface area contributed by atoms with E-state index in [4.69, 9.17) is 0 Å². The third-order valence-electron chi connectivity index (χ3n) is 2.55. The van der Waals surface area contributed by atoms with Crippen LogP contribution < -0.4 is 0 Å². The average molecular weight is 243 g/mol. The summed E-state index contributed by atoms with van der Waals surface area (Å²) in [6, 6.07) is 7.09. The Balaban J connectivity index is 1.88. The van der Waals surface area contributed by atoms with E-state index in [1.165, 1.54) is 10.7 Å². The molecule has 0 unspecified atom stereocenters. The molecule has 3 aromatic rings. The Morgan fingerprint density at radius 1 is 1.28 bits per heavy atom. The molecule has 3 heterocycles. The van der Waals surface area contributed by atoms with Crippen LogP contribution >= 0.6 is 0 Å². The molecule has 0 amide bonds. The van der Waals surface area contributed by atoms with Crippen LogP contribution in [0.15, 0.2) is 42.9 Å². The van der Waals surface area contributed by atoms with Crippen molar-refractivity contribution in [3.8, 4) is 0 Å². The molecule has 0 atom stereocenters. The smallest absolute Gasteiger partial charge is 0.358 e. The number of pyridine rings is 1. The molecule has 0 aliphatic rings. The summed E-state index contributed by atoms with van der Waals surface area (Å²) in [6.45, 7) is 0.412. The Hall–Kier alpha value is -2.70. The maximum absolute atomic E-state index is 10.5. The van der Waals surface area contributed by atoms with Crippen LogP contribution in [-0.2, 0) is 6.54 Å². The lowest BCUT2D eigenvalue weighted by Crippen LogP contribution is -2.01. The zero-order valence-electron chi connectivity index (χ0n) is 9.30.